The van der Waals surface area contributed by atoms with Crippen LogP contribution in [-0.2, 0) is 4.74 Å². The van der Waals surface area contributed by atoms with Gasteiger partial charge in [-0.15, -0.1) is 0 Å². The molecule has 3 rings (SSSR count). The topological polar surface area (TPSA) is 56.3 Å². The minimum absolute atomic E-state index is 0.285. The number of hydrogen-bond donors (Lipinski definition) is 1. The van der Waals surface area contributed by atoms with Crippen molar-refractivity contribution in [2.75, 3.05) is 19.7 Å². The first-order valence-corrected chi connectivity index (χ1v) is 6.66. The summed E-state index contributed by atoms with van der Waals surface area (Å²) in [6, 6.07) is 4.59. The Hall–Kier alpha value is -1.57. The van der Waals surface area contributed by atoms with E-state index >= 15 is 0 Å². The zero-order valence-electron chi connectivity index (χ0n) is 10.0. The van der Waals surface area contributed by atoms with Gasteiger partial charge in [0.2, 0.25) is 0 Å². The second kappa shape index (κ2) is 5.60. The summed E-state index contributed by atoms with van der Waals surface area (Å²) in [6.45, 7) is 1.96. The van der Waals surface area contributed by atoms with Crippen LogP contribution in [0.2, 0.25) is 0 Å². The van der Waals surface area contributed by atoms with Crippen LogP contribution in [0.15, 0.2) is 24.5 Å². The third kappa shape index (κ3) is 2.89. The molecule has 1 saturated heterocycles. The highest BCUT2D eigenvalue weighted by Gasteiger charge is 2.20. The highest BCUT2D eigenvalue weighted by Crippen LogP contribution is 2.28. The minimum atomic E-state index is -0.293. The van der Waals surface area contributed by atoms with Crippen molar-refractivity contribution in [2.24, 2.45) is 0 Å². The van der Waals surface area contributed by atoms with Crippen molar-refractivity contribution in [1.82, 2.24) is 14.7 Å². The molecule has 100 valence electrons. The van der Waals surface area contributed by atoms with Crippen LogP contribution in [0.5, 0.6) is 10.9 Å². The van der Waals surface area contributed by atoms with E-state index in [2.05, 4.69) is 14.7 Å². The van der Waals surface area contributed by atoms with Crippen LogP contribution in [-0.4, -0.2) is 29.1 Å². The van der Waals surface area contributed by atoms with Crippen molar-refractivity contribution in [3.8, 4) is 10.9 Å². The molecule has 1 atom stereocenters. The molecule has 19 heavy (non-hydrogen) atoms. The molecule has 7 heteroatoms. The zero-order chi connectivity index (χ0) is 13.1. The Morgan fingerprint density at radius 1 is 1.47 bits per heavy atom. The van der Waals surface area contributed by atoms with E-state index in [1.54, 1.807) is 12.1 Å². The van der Waals surface area contributed by atoms with Gasteiger partial charge in [-0.3, -0.25) is 0 Å². The lowest BCUT2D eigenvalue weighted by molar-refractivity contribution is 0.0254. The first-order valence-electron chi connectivity index (χ1n) is 5.89. The lowest BCUT2D eigenvalue weighted by atomic mass is 10.1. The first-order chi connectivity index (χ1) is 9.33. The molecule has 0 saturated carbocycles. The van der Waals surface area contributed by atoms with Crippen LogP contribution in [0.4, 0.5) is 4.39 Å². The molecule has 1 fully saturated rings. The molecule has 0 amide bonds. The van der Waals surface area contributed by atoms with Crippen molar-refractivity contribution in [3.63, 3.8) is 0 Å². The summed E-state index contributed by atoms with van der Waals surface area (Å²) in [4.78, 5) is 3.92. The molecule has 1 aromatic carbocycles. The van der Waals surface area contributed by atoms with Crippen LogP contribution >= 0.6 is 11.5 Å². The third-order valence-corrected chi connectivity index (χ3v) is 3.33. The van der Waals surface area contributed by atoms with Gasteiger partial charge in [0, 0.05) is 30.2 Å². The molecular formula is C12H12FN3O2S. The van der Waals surface area contributed by atoms with Crippen molar-refractivity contribution in [3.05, 3.63) is 35.9 Å². The van der Waals surface area contributed by atoms with Gasteiger partial charge in [-0.2, -0.15) is 9.36 Å². The predicted octanol–water partition coefficient (Wildman–Crippen LogP) is 2.13. The van der Waals surface area contributed by atoms with E-state index in [1.165, 1.54) is 12.4 Å². The van der Waals surface area contributed by atoms with Gasteiger partial charge < -0.3 is 14.8 Å². The quantitative estimate of drug-likeness (QED) is 0.934. The third-order valence-electron chi connectivity index (χ3n) is 2.79. The number of nitrogens with one attached hydrogen (secondary N) is 1. The second-order valence-corrected chi connectivity index (χ2v) is 4.80. The van der Waals surface area contributed by atoms with E-state index in [0.717, 1.165) is 18.1 Å². The molecule has 1 N–H and O–H groups in total. The van der Waals surface area contributed by atoms with Crippen LogP contribution in [0, 0.1) is 5.82 Å². The van der Waals surface area contributed by atoms with E-state index < -0.39 is 0 Å². The molecular weight excluding hydrogens is 269 g/mol. The number of halogens is 1. The van der Waals surface area contributed by atoms with Crippen molar-refractivity contribution in [2.45, 2.75) is 6.10 Å². The summed E-state index contributed by atoms with van der Waals surface area (Å²) in [6.07, 6.45) is 1.13. The molecule has 0 aliphatic carbocycles. The van der Waals surface area contributed by atoms with Crippen LogP contribution in [0.25, 0.3) is 0 Å². The number of nitrogens with zero attached hydrogens (tertiary/aromatic N) is 2. The van der Waals surface area contributed by atoms with Gasteiger partial charge in [0.15, 0.2) is 0 Å². The van der Waals surface area contributed by atoms with Gasteiger partial charge >= 0.3 is 0 Å². The molecule has 0 radical (unpaired) electrons. The highest BCUT2D eigenvalue weighted by molar-refractivity contribution is 7.07. The fourth-order valence-corrected chi connectivity index (χ4v) is 2.32. The maximum atomic E-state index is 13.8. The Kier molecular flexibility index (Phi) is 3.67. The number of benzene rings is 1. The maximum Gasteiger partial charge on any atom is 0.298 e. The fourth-order valence-electron chi connectivity index (χ4n) is 1.91. The summed E-state index contributed by atoms with van der Waals surface area (Å²) in [5, 5.41) is 3.60. The second-order valence-electron chi connectivity index (χ2n) is 4.06. The molecule has 0 unspecified atom stereocenters. The SMILES string of the molecule is Fc1ccc(Oc2ncns2)cc1[C@@H]1CNCCO1. The highest BCUT2D eigenvalue weighted by atomic mass is 32.1. The summed E-state index contributed by atoms with van der Waals surface area (Å²) in [5.74, 6) is 0.237. The molecule has 1 aromatic heterocycles. The molecule has 0 spiro atoms. The van der Waals surface area contributed by atoms with Gasteiger partial charge in [-0.1, -0.05) is 0 Å². The molecule has 1 aliphatic rings. The van der Waals surface area contributed by atoms with Gasteiger partial charge in [0.05, 0.1) is 12.7 Å². The van der Waals surface area contributed by atoms with Crippen LogP contribution < -0.4 is 10.1 Å². The average molecular weight is 281 g/mol. The standard InChI is InChI=1S/C12H12FN3O2S/c13-10-2-1-8(18-12-15-7-16-19-12)5-9(10)11-6-14-3-4-17-11/h1-2,5,7,11,14H,3-4,6H2/t11-/m0/s1. The van der Waals surface area contributed by atoms with Crippen LogP contribution in [0.1, 0.15) is 11.7 Å². The largest absolute Gasteiger partial charge is 0.430 e. The molecule has 0 bridgehead atoms. The lowest BCUT2D eigenvalue weighted by Crippen LogP contribution is -2.33. The normalized spacial score (nSPS) is 19.3. The number of aromatic nitrogens is 2. The predicted molar refractivity (Wildman–Crippen MR) is 67.9 cm³/mol. The van der Waals surface area contributed by atoms with Gasteiger partial charge in [-0.05, 0) is 18.2 Å². The summed E-state index contributed by atoms with van der Waals surface area (Å²) in [7, 11) is 0. The summed E-state index contributed by atoms with van der Waals surface area (Å²) >= 11 is 1.14. The fraction of sp³-hybridized carbons (Fsp3) is 0.333. The van der Waals surface area contributed by atoms with Gasteiger partial charge in [0.25, 0.3) is 5.19 Å². The van der Waals surface area contributed by atoms with Gasteiger partial charge in [-0.25, -0.2) is 4.39 Å². The zero-order valence-corrected chi connectivity index (χ0v) is 10.8. The van der Waals surface area contributed by atoms with E-state index in [0.29, 0.717) is 29.7 Å². The summed E-state index contributed by atoms with van der Waals surface area (Å²) in [5.41, 5.74) is 0.495. The molecule has 2 heterocycles. The number of morpholine rings is 1. The van der Waals surface area contributed by atoms with Gasteiger partial charge in [0.1, 0.15) is 17.9 Å². The smallest absolute Gasteiger partial charge is 0.298 e. The lowest BCUT2D eigenvalue weighted by Gasteiger charge is -2.24. The monoisotopic (exact) mass is 281 g/mol. The summed E-state index contributed by atoms with van der Waals surface area (Å²) < 4.78 is 28.7. The number of hydrogen-bond acceptors (Lipinski definition) is 6. The first kappa shape index (κ1) is 12.5. The molecule has 5 nitrogen and oxygen atoms in total. The average Bonchev–Trinajstić information content (AvgIpc) is 2.95. The van der Waals surface area contributed by atoms with Crippen molar-refractivity contribution in [1.29, 1.82) is 0 Å². The van der Waals surface area contributed by atoms with E-state index in [-0.39, 0.29) is 11.9 Å². The van der Waals surface area contributed by atoms with Crippen molar-refractivity contribution >= 4 is 11.5 Å². The Balaban J connectivity index is 1.83. The molecule has 2 aromatic rings. The van der Waals surface area contributed by atoms with E-state index in [4.69, 9.17) is 9.47 Å². The maximum absolute atomic E-state index is 13.8. The number of ether oxygens (including phenoxy) is 2. The number of rotatable bonds is 3. The minimum Gasteiger partial charge on any atom is -0.430 e. The Morgan fingerprint density at radius 3 is 3.16 bits per heavy atom. The van der Waals surface area contributed by atoms with E-state index in [9.17, 15) is 4.39 Å². The Labute approximate surface area is 113 Å². The van der Waals surface area contributed by atoms with Crippen molar-refractivity contribution < 1.29 is 13.9 Å². The van der Waals surface area contributed by atoms with E-state index in [1.807, 2.05) is 0 Å². The Morgan fingerprint density at radius 2 is 2.42 bits per heavy atom. The molecule has 1 aliphatic heterocycles. The van der Waals surface area contributed by atoms with Crippen LogP contribution in [0.3, 0.4) is 0 Å². The Bertz CT molecular complexity index is 544.